The number of thiazole rings is 1. The molecule has 0 radical (unpaired) electrons. The molecule has 7 heteroatoms. The zero-order valence-electron chi connectivity index (χ0n) is 9.96. The average molecular weight is 270 g/mol. The summed E-state index contributed by atoms with van der Waals surface area (Å²) in [5, 5.41) is 9.94. The molecule has 1 aromatic heterocycles. The van der Waals surface area contributed by atoms with E-state index in [-0.39, 0.29) is 12.5 Å². The van der Waals surface area contributed by atoms with E-state index in [1.165, 1.54) is 22.4 Å². The summed E-state index contributed by atoms with van der Waals surface area (Å²) in [5.41, 5.74) is 0. The molecule has 0 aliphatic carbocycles. The summed E-state index contributed by atoms with van der Waals surface area (Å²) in [4.78, 5) is 29.2. The lowest BCUT2D eigenvalue weighted by Crippen LogP contribution is -2.52. The minimum Gasteiger partial charge on any atom is -0.480 e. The van der Waals surface area contributed by atoms with Gasteiger partial charge >= 0.3 is 5.97 Å². The van der Waals surface area contributed by atoms with Crippen LogP contribution in [0, 0.1) is 0 Å². The highest BCUT2D eigenvalue weighted by Crippen LogP contribution is 2.18. The molecule has 18 heavy (non-hydrogen) atoms. The van der Waals surface area contributed by atoms with Gasteiger partial charge in [-0.2, -0.15) is 0 Å². The van der Waals surface area contributed by atoms with Crippen molar-refractivity contribution < 1.29 is 19.4 Å². The Bertz CT molecular complexity index is 460. The molecule has 1 saturated heterocycles. The van der Waals surface area contributed by atoms with Crippen LogP contribution in [0.2, 0.25) is 0 Å². The van der Waals surface area contributed by atoms with Crippen LogP contribution in [-0.2, 0) is 16.0 Å². The first-order chi connectivity index (χ1) is 8.63. The zero-order valence-corrected chi connectivity index (χ0v) is 10.8. The molecule has 1 atom stereocenters. The van der Waals surface area contributed by atoms with Crippen molar-refractivity contribution in [2.45, 2.75) is 19.4 Å². The fourth-order valence-corrected chi connectivity index (χ4v) is 2.58. The van der Waals surface area contributed by atoms with Crippen molar-refractivity contribution in [3.63, 3.8) is 0 Å². The van der Waals surface area contributed by atoms with Gasteiger partial charge in [-0.15, -0.1) is 11.3 Å². The Kier molecular flexibility index (Phi) is 3.93. The number of rotatable bonds is 3. The topological polar surface area (TPSA) is 79.7 Å². The molecule has 1 aromatic rings. The van der Waals surface area contributed by atoms with E-state index in [9.17, 15) is 9.59 Å². The first-order valence-corrected chi connectivity index (χ1v) is 6.51. The molecule has 6 nitrogen and oxygen atoms in total. The number of hydrogen-bond acceptors (Lipinski definition) is 5. The van der Waals surface area contributed by atoms with Gasteiger partial charge in [-0.05, 0) is 6.42 Å². The van der Waals surface area contributed by atoms with E-state index in [4.69, 9.17) is 9.84 Å². The number of hydrogen-bond donors (Lipinski definition) is 1. The van der Waals surface area contributed by atoms with Crippen LogP contribution in [-0.4, -0.2) is 52.7 Å². The van der Waals surface area contributed by atoms with Crippen LogP contribution in [0.3, 0.4) is 0 Å². The third-order valence-corrected chi connectivity index (χ3v) is 3.87. The summed E-state index contributed by atoms with van der Waals surface area (Å²) in [6.45, 7) is 2.67. The van der Waals surface area contributed by atoms with Crippen LogP contribution in [0.25, 0.3) is 0 Å². The molecule has 1 aliphatic rings. The summed E-state index contributed by atoms with van der Waals surface area (Å²) >= 11 is 1.31. The Hall–Kier alpha value is -1.47. The summed E-state index contributed by atoms with van der Waals surface area (Å²) < 4.78 is 5.10. The SMILES string of the molecule is CCc1ncc(C(=O)N2CCOC[C@H]2C(=O)O)s1. The lowest BCUT2D eigenvalue weighted by atomic mass is 10.2. The molecule has 2 rings (SSSR count). The Labute approximate surface area is 108 Å². The highest BCUT2D eigenvalue weighted by molar-refractivity contribution is 7.13. The number of amides is 1. The number of ether oxygens (including phenoxy) is 1. The predicted octanol–water partition coefficient (Wildman–Crippen LogP) is 0.631. The molecule has 0 bridgehead atoms. The Morgan fingerprint density at radius 2 is 2.44 bits per heavy atom. The summed E-state index contributed by atoms with van der Waals surface area (Å²) in [6.07, 6.45) is 2.28. The highest BCUT2D eigenvalue weighted by atomic mass is 32.1. The summed E-state index contributed by atoms with van der Waals surface area (Å²) in [7, 11) is 0. The van der Waals surface area contributed by atoms with Crippen LogP contribution in [0.5, 0.6) is 0 Å². The number of morpholine rings is 1. The highest BCUT2D eigenvalue weighted by Gasteiger charge is 2.33. The third-order valence-electron chi connectivity index (χ3n) is 2.74. The number of carbonyl (C=O) groups excluding carboxylic acids is 1. The number of aryl methyl sites for hydroxylation is 1. The largest absolute Gasteiger partial charge is 0.480 e. The zero-order chi connectivity index (χ0) is 13.1. The van der Waals surface area contributed by atoms with Crippen molar-refractivity contribution in [2.24, 2.45) is 0 Å². The second-order valence-corrected chi connectivity index (χ2v) is 5.01. The average Bonchev–Trinajstić information content (AvgIpc) is 2.86. The Balaban J connectivity index is 2.17. The maximum Gasteiger partial charge on any atom is 0.328 e. The molecule has 0 saturated carbocycles. The number of aliphatic carboxylic acids is 1. The summed E-state index contributed by atoms with van der Waals surface area (Å²) in [6, 6.07) is -0.904. The molecular weight excluding hydrogens is 256 g/mol. The van der Waals surface area contributed by atoms with Crippen molar-refractivity contribution in [3.8, 4) is 0 Å². The monoisotopic (exact) mass is 270 g/mol. The molecule has 2 heterocycles. The number of nitrogens with zero attached hydrogens (tertiary/aromatic N) is 2. The van der Waals surface area contributed by atoms with Gasteiger partial charge in [0.25, 0.3) is 5.91 Å². The van der Waals surface area contributed by atoms with Gasteiger partial charge in [0.1, 0.15) is 4.88 Å². The summed E-state index contributed by atoms with van der Waals surface area (Å²) in [5.74, 6) is -1.31. The first-order valence-electron chi connectivity index (χ1n) is 5.69. The Morgan fingerprint density at radius 3 is 3.06 bits per heavy atom. The number of carboxylic acid groups (broad SMARTS) is 1. The molecule has 1 fully saturated rings. The van der Waals surface area contributed by atoms with E-state index >= 15 is 0 Å². The van der Waals surface area contributed by atoms with Crippen LogP contribution in [0.1, 0.15) is 21.6 Å². The molecule has 1 aliphatic heterocycles. The quantitative estimate of drug-likeness (QED) is 0.871. The van der Waals surface area contributed by atoms with Gasteiger partial charge in [0.15, 0.2) is 6.04 Å². The van der Waals surface area contributed by atoms with E-state index in [1.54, 1.807) is 0 Å². The predicted molar refractivity (Wildman–Crippen MR) is 64.8 cm³/mol. The number of carboxylic acids is 1. The molecule has 1 N–H and O–H groups in total. The van der Waals surface area contributed by atoms with Crippen molar-refractivity contribution in [2.75, 3.05) is 19.8 Å². The number of aromatic nitrogens is 1. The first kappa shape index (κ1) is 13.0. The molecule has 0 aromatic carbocycles. The Morgan fingerprint density at radius 1 is 1.67 bits per heavy atom. The van der Waals surface area contributed by atoms with Crippen molar-refractivity contribution >= 4 is 23.2 Å². The van der Waals surface area contributed by atoms with E-state index in [2.05, 4.69) is 4.98 Å². The fraction of sp³-hybridized carbons (Fsp3) is 0.545. The standard InChI is InChI=1S/C11H14N2O4S/c1-2-9-12-5-8(18-9)10(14)13-3-4-17-6-7(13)11(15)16/h5,7H,2-4,6H2,1H3,(H,15,16)/t7-/m0/s1. The lowest BCUT2D eigenvalue weighted by Gasteiger charge is -2.32. The van der Waals surface area contributed by atoms with Crippen LogP contribution in [0.4, 0.5) is 0 Å². The van der Waals surface area contributed by atoms with Gasteiger partial charge in [0.2, 0.25) is 0 Å². The van der Waals surface area contributed by atoms with Gasteiger partial charge in [-0.25, -0.2) is 9.78 Å². The number of carbonyl (C=O) groups is 2. The second-order valence-electron chi connectivity index (χ2n) is 3.90. The molecule has 0 unspecified atom stereocenters. The van der Waals surface area contributed by atoms with Gasteiger partial charge in [0.05, 0.1) is 24.4 Å². The van der Waals surface area contributed by atoms with Gasteiger partial charge < -0.3 is 14.7 Å². The fourth-order valence-electron chi connectivity index (χ4n) is 1.77. The van der Waals surface area contributed by atoms with Crippen molar-refractivity contribution in [3.05, 3.63) is 16.1 Å². The lowest BCUT2D eigenvalue weighted by molar-refractivity contribution is -0.147. The van der Waals surface area contributed by atoms with Gasteiger partial charge in [0, 0.05) is 6.54 Å². The third kappa shape index (κ3) is 2.51. The van der Waals surface area contributed by atoms with E-state index in [0.717, 1.165) is 11.4 Å². The minimum absolute atomic E-state index is 0.0422. The van der Waals surface area contributed by atoms with Gasteiger partial charge in [-0.3, -0.25) is 4.79 Å². The van der Waals surface area contributed by atoms with Gasteiger partial charge in [-0.1, -0.05) is 6.92 Å². The smallest absolute Gasteiger partial charge is 0.328 e. The van der Waals surface area contributed by atoms with E-state index in [0.29, 0.717) is 18.0 Å². The minimum atomic E-state index is -1.04. The maximum atomic E-state index is 12.2. The molecule has 98 valence electrons. The van der Waals surface area contributed by atoms with Crippen molar-refractivity contribution in [1.29, 1.82) is 0 Å². The van der Waals surface area contributed by atoms with Crippen LogP contribution >= 0.6 is 11.3 Å². The molecule has 1 amide bonds. The van der Waals surface area contributed by atoms with E-state index in [1.807, 2.05) is 6.92 Å². The van der Waals surface area contributed by atoms with E-state index < -0.39 is 12.0 Å². The van der Waals surface area contributed by atoms with Crippen LogP contribution < -0.4 is 0 Å². The molecule has 0 spiro atoms. The normalized spacial score (nSPS) is 19.8. The van der Waals surface area contributed by atoms with Crippen LogP contribution in [0.15, 0.2) is 6.20 Å². The maximum absolute atomic E-state index is 12.2. The second kappa shape index (κ2) is 5.45. The molecular formula is C11H14N2O4S. The van der Waals surface area contributed by atoms with Crippen molar-refractivity contribution in [1.82, 2.24) is 9.88 Å².